The monoisotopic (exact) mass is 306 g/mol. The average molecular weight is 306 g/mol. The highest BCUT2D eigenvalue weighted by Gasteiger charge is 2.41. The van der Waals surface area contributed by atoms with Crippen LogP contribution in [0.4, 0.5) is 0 Å². The lowest BCUT2D eigenvalue weighted by Crippen LogP contribution is -2.30. The molecular weight excluding hydrogens is 284 g/mol. The smallest absolute Gasteiger partial charge is 0.224 e. The molecule has 0 unspecified atom stereocenters. The van der Waals surface area contributed by atoms with Gasteiger partial charge in [0.25, 0.3) is 0 Å². The van der Waals surface area contributed by atoms with Crippen molar-refractivity contribution >= 4 is 11.3 Å². The average Bonchev–Trinajstić information content (AvgIpc) is 3.16. The van der Waals surface area contributed by atoms with Gasteiger partial charge in [-0.25, -0.2) is 0 Å². The van der Waals surface area contributed by atoms with Gasteiger partial charge in [-0.15, -0.1) is 21.5 Å². The Kier molecular flexibility index (Phi) is 3.88. The lowest BCUT2D eigenvalue weighted by Gasteiger charge is -2.29. The van der Waals surface area contributed by atoms with E-state index in [1.807, 2.05) is 6.07 Å². The Morgan fingerprint density at radius 1 is 1.33 bits per heavy atom. The van der Waals surface area contributed by atoms with Gasteiger partial charge in [-0.1, -0.05) is 26.8 Å². The van der Waals surface area contributed by atoms with Crippen LogP contribution in [0.5, 0.6) is 0 Å². The Morgan fingerprint density at radius 2 is 2.14 bits per heavy atom. The summed E-state index contributed by atoms with van der Waals surface area (Å²) in [5.41, 5.74) is 0.0785. The number of hydrogen-bond donors (Lipinski definition) is 0. The second-order valence-corrected chi connectivity index (χ2v) is 7.75. The van der Waals surface area contributed by atoms with Crippen LogP contribution in [0.3, 0.4) is 0 Å². The first-order valence-corrected chi connectivity index (χ1v) is 8.33. The standard InChI is InChI=1S/C16H22N2O2S/c1-10(12-6-5-9-21-12)14-17-18-15(20-14)11-7-8-19-13(11)16(2,3)4/h5-6,9-11,13H,7-8H2,1-4H3/t10-,11+,13+/m1/s1. The Hall–Kier alpha value is -1.20. The maximum absolute atomic E-state index is 5.98. The highest BCUT2D eigenvalue weighted by Crippen LogP contribution is 2.41. The SMILES string of the molecule is C[C@@H](c1nnc([C@H]2CCO[C@@H]2C(C)(C)C)o1)c1cccs1. The first-order chi connectivity index (χ1) is 9.97. The third-order valence-corrected chi connectivity index (χ3v) is 5.11. The van der Waals surface area contributed by atoms with E-state index in [9.17, 15) is 0 Å². The zero-order valence-electron chi connectivity index (χ0n) is 13.0. The third kappa shape index (κ3) is 2.90. The van der Waals surface area contributed by atoms with Crippen LogP contribution in [0.25, 0.3) is 0 Å². The van der Waals surface area contributed by atoms with Crippen molar-refractivity contribution in [3.8, 4) is 0 Å². The molecule has 114 valence electrons. The Labute approximate surface area is 129 Å². The fraction of sp³-hybridized carbons (Fsp3) is 0.625. The highest BCUT2D eigenvalue weighted by atomic mass is 32.1. The van der Waals surface area contributed by atoms with Crippen molar-refractivity contribution in [2.45, 2.75) is 52.1 Å². The molecule has 1 aliphatic heterocycles. The molecule has 1 aliphatic rings. The van der Waals surface area contributed by atoms with Crippen molar-refractivity contribution in [1.29, 1.82) is 0 Å². The number of rotatable bonds is 3. The quantitative estimate of drug-likeness (QED) is 0.852. The predicted octanol–water partition coefficient (Wildman–Crippen LogP) is 4.20. The molecule has 0 spiro atoms. The van der Waals surface area contributed by atoms with E-state index in [1.165, 1.54) is 4.88 Å². The van der Waals surface area contributed by atoms with Gasteiger partial charge < -0.3 is 9.15 Å². The fourth-order valence-corrected chi connectivity index (χ4v) is 3.70. The lowest BCUT2D eigenvalue weighted by atomic mass is 9.81. The van der Waals surface area contributed by atoms with Crippen LogP contribution >= 0.6 is 11.3 Å². The molecule has 1 saturated heterocycles. The molecule has 4 nitrogen and oxygen atoms in total. The number of ether oxygens (including phenoxy) is 1. The Morgan fingerprint density at radius 3 is 2.81 bits per heavy atom. The van der Waals surface area contributed by atoms with Crippen LogP contribution in [0.2, 0.25) is 0 Å². The van der Waals surface area contributed by atoms with Gasteiger partial charge in [0.1, 0.15) is 0 Å². The number of thiophene rings is 1. The van der Waals surface area contributed by atoms with Crippen molar-refractivity contribution in [1.82, 2.24) is 10.2 Å². The fourth-order valence-electron chi connectivity index (χ4n) is 2.93. The predicted molar refractivity (Wildman–Crippen MR) is 82.7 cm³/mol. The molecule has 2 aromatic rings. The summed E-state index contributed by atoms with van der Waals surface area (Å²) in [5.74, 6) is 1.79. The molecule has 3 atom stereocenters. The van der Waals surface area contributed by atoms with E-state index in [4.69, 9.17) is 9.15 Å². The molecule has 0 aliphatic carbocycles. The van der Waals surface area contributed by atoms with Crippen molar-refractivity contribution in [2.24, 2.45) is 5.41 Å². The van der Waals surface area contributed by atoms with Gasteiger partial charge >= 0.3 is 0 Å². The molecule has 0 saturated carbocycles. The molecule has 3 rings (SSSR count). The minimum absolute atomic E-state index is 0.0785. The van der Waals surface area contributed by atoms with Gasteiger partial charge in [-0.3, -0.25) is 0 Å². The lowest BCUT2D eigenvalue weighted by molar-refractivity contribution is 0.0170. The summed E-state index contributed by atoms with van der Waals surface area (Å²) in [7, 11) is 0. The number of nitrogens with zero attached hydrogens (tertiary/aromatic N) is 2. The van der Waals surface area contributed by atoms with E-state index in [-0.39, 0.29) is 23.4 Å². The summed E-state index contributed by atoms with van der Waals surface area (Å²) in [6, 6.07) is 4.16. The molecule has 0 amide bonds. The minimum Gasteiger partial charge on any atom is -0.424 e. The zero-order chi connectivity index (χ0) is 15.0. The van der Waals surface area contributed by atoms with Crippen molar-refractivity contribution in [3.05, 3.63) is 34.2 Å². The van der Waals surface area contributed by atoms with Crippen molar-refractivity contribution < 1.29 is 9.15 Å². The maximum atomic E-state index is 5.98. The zero-order valence-corrected chi connectivity index (χ0v) is 13.8. The van der Waals surface area contributed by atoms with Gasteiger partial charge in [-0.05, 0) is 30.2 Å². The third-order valence-electron chi connectivity index (χ3n) is 4.06. The minimum atomic E-state index is 0.0785. The number of hydrogen-bond acceptors (Lipinski definition) is 5. The Bertz CT molecular complexity index is 586. The van der Waals surface area contributed by atoms with Crippen LogP contribution in [0.15, 0.2) is 21.9 Å². The van der Waals surface area contributed by atoms with Crippen molar-refractivity contribution in [2.75, 3.05) is 6.61 Å². The van der Waals surface area contributed by atoms with Crippen LogP contribution in [-0.4, -0.2) is 22.9 Å². The molecule has 0 bridgehead atoms. The summed E-state index contributed by atoms with van der Waals surface area (Å²) < 4.78 is 11.9. The molecule has 21 heavy (non-hydrogen) atoms. The first-order valence-electron chi connectivity index (χ1n) is 7.45. The van der Waals surface area contributed by atoms with E-state index in [1.54, 1.807) is 11.3 Å². The van der Waals surface area contributed by atoms with Crippen LogP contribution in [-0.2, 0) is 4.74 Å². The summed E-state index contributed by atoms with van der Waals surface area (Å²) in [5, 5.41) is 10.6. The second kappa shape index (κ2) is 5.54. The van der Waals surface area contributed by atoms with E-state index >= 15 is 0 Å². The van der Waals surface area contributed by atoms with Gasteiger partial charge in [0.2, 0.25) is 11.8 Å². The van der Waals surface area contributed by atoms with Gasteiger partial charge in [0, 0.05) is 11.5 Å². The molecular formula is C16H22N2O2S. The second-order valence-electron chi connectivity index (χ2n) is 6.77. The highest BCUT2D eigenvalue weighted by molar-refractivity contribution is 7.10. The summed E-state index contributed by atoms with van der Waals surface area (Å²) in [4.78, 5) is 1.25. The molecule has 2 aromatic heterocycles. The molecule has 1 fully saturated rings. The summed E-state index contributed by atoms with van der Waals surface area (Å²) in [6.07, 6.45) is 1.10. The van der Waals surface area contributed by atoms with Crippen LogP contribution in [0.1, 0.15) is 62.6 Å². The molecule has 0 N–H and O–H groups in total. The van der Waals surface area contributed by atoms with E-state index in [0.717, 1.165) is 18.9 Å². The van der Waals surface area contributed by atoms with Gasteiger partial charge in [0.05, 0.1) is 17.9 Å². The normalized spacial score (nSPS) is 24.4. The number of aromatic nitrogens is 2. The largest absolute Gasteiger partial charge is 0.424 e. The van der Waals surface area contributed by atoms with Crippen LogP contribution < -0.4 is 0 Å². The van der Waals surface area contributed by atoms with Crippen LogP contribution in [0, 0.1) is 5.41 Å². The van der Waals surface area contributed by atoms with Crippen molar-refractivity contribution in [3.63, 3.8) is 0 Å². The molecule has 3 heterocycles. The first kappa shape index (κ1) is 14.7. The molecule has 0 radical (unpaired) electrons. The van der Waals surface area contributed by atoms with Gasteiger partial charge in [-0.2, -0.15) is 0 Å². The maximum Gasteiger partial charge on any atom is 0.224 e. The summed E-state index contributed by atoms with van der Waals surface area (Å²) in [6.45, 7) is 9.46. The van der Waals surface area contributed by atoms with Gasteiger partial charge in [0.15, 0.2) is 0 Å². The van der Waals surface area contributed by atoms with E-state index in [0.29, 0.717) is 5.89 Å². The topological polar surface area (TPSA) is 48.2 Å². The molecule has 5 heteroatoms. The molecule has 0 aromatic carbocycles. The Balaban J connectivity index is 1.82. The summed E-state index contributed by atoms with van der Waals surface area (Å²) >= 11 is 1.72. The van der Waals surface area contributed by atoms with E-state index in [2.05, 4.69) is 49.3 Å². The van der Waals surface area contributed by atoms with E-state index < -0.39 is 0 Å².